The average molecular weight is 412 g/mol. The SMILES string of the molecule is COc1cc(C2CC(=O)Nc3c2cnn3Cc2cccc(Cl)c2)cc2c1OCO2. The lowest BCUT2D eigenvalue weighted by molar-refractivity contribution is -0.116. The predicted octanol–water partition coefficient (Wildman–Crippen LogP) is 3.80. The van der Waals surface area contributed by atoms with Gasteiger partial charge in [-0.25, -0.2) is 4.68 Å². The molecule has 1 unspecified atom stereocenters. The van der Waals surface area contributed by atoms with Crippen molar-refractivity contribution >= 4 is 23.3 Å². The maximum atomic E-state index is 12.5. The zero-order valence-corrected chi connectivity index (χ0v) is 16.4. The van der Waals surface area contributed by atoms with Gasteiger partial charge in [0, 0.05) is 22.9 Å². The topological polar surface area (TPSA) is 74.6 Å². The van der Waals surface area contributed by atoms with Crippen LogP contribution in [-0.4, -0.2) is 29.6 Å². The molecular weight excluding hydrogens is 394 g/mol. The Hall–Kier alpha value is -3.19. The van der Waals surface area contributed by atoms with E-state index in [1.807, 2.05) is 36.4 Å². The first kappa shape index (κ1) is 17.9. The number of aromatic nitrogens is 2. The van der Waals surface area contributed by atoms with Gasteiger partial charge in [-0.05, 0) is 35.4 Å². The van der Waals surface area contributed by atoms with Crippen molar-refractivity contribution in [2.24, 2.45) is 0 Å². The fourth-order valence-corrected chi connectivity index (χ4v) is 4.06. The Bertz CT molecular complexity index is 1110. The first-order valence-corrected chi connectivity index (χ1v) is 9.57. The van der Waals surface area contributed by atoms with Crippen molar-refractivity contribution in [2.75, 3.05) is 19.2 Å². The summed E-state index contributed by atoms with van der Waals surface area (Å²) < 4.78 is 18.3. The number of rotatable bonds is 4. The Labute approximate surface area is 172 Å². The second kappa shape index (κ2) is 7.00. The summed E-state index contributed by atoms with van der Waals surface area (Å²) in [6, 6.07) is 11.4. The van der Waals surface area contributed by atoms with Gasteiger partial charge < -0.3 is 19.5 Å². The van der Waals surface area contributed by atoms with Gasteiger partial charge in [-0.3, -0.25) is 4.79 Å². The van der Waals surface area contributed by atoms with E-state index in [4.69, 9.17) is 25.8 Å². The number of hydrogen-bond donors (Lipinski definition) is 1. The van der Waals surface area contributed by atoms with Crippen molar-refractivity contribution in [3.8, 4) is 17.2 Å². The maximum absolute atomic E-state index is 12.5. The largest absolute Gasteiger partial charge is 0.493 e. The van der Waals surface area contributed by atoms with Gasteiger partial charge in [0.05, 0.1) is 19.9 Å². The number of halogens is 1. The number of nitrogens with one attached hydrogen (secondary N) is 1. The van der Waals surface area contributed by atoms with E-state index in [-0.39, 0.29) is 18.6 Å². The van der Waals surface area contributed by atoms with Crippen LogP contribution in [0.5, 0.6) is 17.2 Å². The van der Waals surface area contributed by atoms with E-state index in [9.17, 15) is 4.79 Å². The molecule has 29 heavy (non-hydrogen) atoms. The maximum Gasteiger partial charge on any atom is 0.231 e. The van der Waals surface area contributed by atoms with Gasteiger partial charge in [0.15, 0.2) is 11.5 Å². The van der Waals surface area contributed by atoms with Gasteiger partial charge in [0.2, 0.25) is 18.4 Å². The first-order valence-electron chi connectivity index (χ1n) is 9.20. The van der Waals surface area contributed by atoms with E-state index in [0.717, 1.165) is 16.7 Å². The normalized spacial score (nSPS) is 17.0. The summed E-state index contributed by atoms with van der Waals surface area (Å²) in [7, 11) is 1.59. The number of ether oxygens (including phenoxy) is 3. The van der Waals surface area contributed by atoms with E-state index >= 15 is 0 Å². The van der Waals surface area contributed by atoms with E-state index in [0.29, 0.717) is 41.1 Å². The standard InChI is InChI=1S/C21H18ClN3O4/c1-27-17-6-13(7-18-20(17)29-11-28-18)15-8-19(26)24-21-16(15)9-23-25(21)10-12-3-2-4-14(22)5-12/h2-7,9,15H,8,10-11H2,1H3,(H,24,26). The van der Waals surface area contributed by atoms with Crippen LogP contribution in [0.2, 0.25) is 5.02 Å². The molecular formula is C21H18ClN3O4. The third-order valence-electron chi connectivity index (χ3n) is 5.19. The van der Waals surface area contributed by atoms with Crippen molar-refractivity contribution in [3.63, 3.8) is 0 Å². The number of amides is 1. The fourth-order valence-electron chi connectivity index (χ4n) is 3.85. The van der Waals surface area contributed by atoms with Gasteiger partial charge >= 0.3 is 0 Å². The minimum atomic E-state index is -0.157. The smallest absolute Gasteiger partial charge is 0.231 e. The monoisotopic (exact) mass is 411 g/mol. The number of methoxy groups -OCH3 is 1. The molecule has 1 aromatic heterocycles. The number of fused-ring (bicyclic) bond motifs is 2. The average Bonchev–Trinajstić information content (AvgIpc) is 3.34. The van der Waals surface area contributed by atoms with Crippen LogP contribution in [-0.2, 0) is 11.3 Å². The fraction of sp³-hybridized carbons (Fsp3) is 0.238. The molecule has 0 bridgehead atoms. The van der Waals surface area contributed by atoms with Crippen LogP contribution in [0.25, 0.3) is 0 Å². The molecule has 3 heterocycles. The minimum absolute atomic E-state index is 0.0630. The van der Waals surface area contributed by atoms with E-state index in [1.165, 1.54) is 0 Å². The van der Waals surface area contributed by atoms with Crippen molar-refractivity contribution in [1.82, 2.24) is 9.78 Å². The van der Waals surface area contributed by atoms with Crippen molar-refractivity contribution in [3.05, 3.63) is 64.3 Å². The Morgan fingerprint density at radius 3 is 3.03 bits per heavy atom. The highest BCUT2D eigenvalue weighted by molar-refractivity contribution is 6.30. The lowest BCUT2D eigenvalue weighted by atomic mass is 9.87. The first-order chi connectivity index (χ1) is 14.1. The summed E-state index contributed by atoms with van der Waals surface area (Å²) in [6.07, 6.45) is 2.12. The molecule has 0 spiro atoms. The molecule has 8 heteroatoms. The Kier molecular flexibility index (Phi) is 4.32. The van der Waals surface area contributed by atoms with Gasteiger partial charge in [-0.15, -0.1) is 0 Å². The molecule has 0 aliphatic carbocycles. The zero-order valence-electron chi connectivity index (χ0n) is 15.6. The van der Waals surface area contributed by atoms with Gasteiger partial charge in [-0.1, -0.05) is 23.7 Å². The van der Waals surface area contributed by atoms with Crippen LogP contribution >= 0.6 is 11.6 Å². The lowest BCUT2D eigenvalue weighted by Gasteiger charge is -2.24. The number of benzene rings is 2. The Morgan fingerprint density at radius 2 is 2.21 bits per heavy atom. The number of nitrogens with zero attached hydrogens (tertiary/aromatic N) is 2. The highest BCUT2D eigenvalue weighted by atomic mass is 35.5. The molecule has 1 amide bonds. The van der Waals surface area contributed by atoms with Gasteiger partial charge in [0.25, 0.3) is 0 Å². The van der Waals surface area contributed by atoms with Crippen molar-refractivity contribution in [2.45, 2.75) is 18.9 Å². The molecule has 0 fully saturated rings. The van der Waals surface area contributed by atoms with E-state index in [1.54, 1.807) is 18.0 Å². The molecule has 0 saturated heterocycles. The highest BCUT2D eigenvalue weighted by Gasteiger charge is 2.32. The molecule has 7 nitrogen and oxygen atoms in total. The molecule has 0 radical (unpaired) electrons. The molecule has 148 valence electrons. The van der Waals surface area contributed by atoms with Crippen LogP contribution in [0.4, 0.5) is 5.82 Å². The molecule has 3 aromatic rings. The second-order valence-electron chi connectivity index (χ2n) is 7.00. The van der Waals surface area contributed by atoms with Crippen LogP contribution < -0.4 is 19.5 Å². The second-order valence-corrected chi connectivity index (χ2v) is 7.43. The summed E-state index contributed by atoms with van der Waals surface area (Å²) in [5.74, 6) is 2.28. The van der Waals surface area contributed by atoms with Crippen LogP contribution in [0.1, 0.15) is 29.0 Å². The summed E-state index contributed by atoms with van der Waals surface area (Å²) in [6.45, 7) is 0.663. The van der Waals surface area contributed by atoms with Crippen LogP contribution in [0, 0.1) is 0 Å². The molecule has 2 aliphatic rings. The molecule has 1 N–H and O–H groups in total. The number of hydrogen-bond acceptors (Lipinski definition) is 5. The lowest BCUT2D eigenvalue weighted by Crippen LogP contribution is -2.25. The number of anilines is 1. The third kappa shape index (κ3) is 3.17. The highest BCUT2D eigenvalue weighted by Crippen LogP contribution is 2.46. The predicted molar refractivity (Wildman–Crippen MR) is 107 cm³/mol. The van der Waals surface area contributed by atoms with Gasteiger partial charge in [0.1, 0.15) is 5.82 Å². The Morgan fingerprint density at radius 1 is 1.31 bits per heavy atom. The molecule has 0 saturated carbocycles. The van der Waals surface area contributed by atoms with Crippen LogP contribution in [0.15, 0.2) is 42.6 Å². The Balaban J connectivity index is 1.54. The summed E-state index contributed by atoms with van der Waals surface area (Å²) >= 11 is 6.10. The van der Waals surface area contributed by atoms with Crippen molar-refractivity contribution < 1.29 is 19.0 Å². The summed E-state index contributed by atoms with van der Waals surface area (Å²) in [5.41, 5.74) is 2.88. The molecule has 1 atom stereocenters. The zero-order chi connectivity index (χ0) is 20.0. The number of carbonyl (C=O) groups excluding carboxylic acids is 1. The molecule has 2 aromatic carbocycles. The number of carbonyl (C=O) groups is 1. The molecule has 2 aliphatic heterocycles. The summed E-state index contributed by atoms with van der Waals surface area (Å²) in [4.78, 5) is 12.5. The quantitative estimate of drug-likeness (QED) is 0.706. The van der Waals surface area contributed by atoms with E-state index in [2.05, 4.69) is 10.4 Å². The third-order valence-corrected chi connectivity index (χ3v) is 5.43. The van der Waals surface area contributed by atoms with Crippen molar-refractivity contribution in [1.29, 1.82) is 0 Å². The van der Waals surface area contributed by atoms with E-state index < -0.39 is 0 Å². The summed E-state index contributed by atoms with van der Waals surface area (Å²) in [5, 5.41) is 8.15. The minimum Gasteiger partial charge on any atom is -0.493 e. The van der Waals surface area contributed by atoms with Crippen LogP contribution in [0.3, 0.4) is 0 Å². The molecule has 5 rings (SSSR count). The van der Waals surface area contributed by atoms with Gasteiger partial charge in [-0.2, -0.15) is 5.10 Å².